The van der Waals surface area contributed by atoms with Gasteiger partial charge in [-0.15, -0.1) is 0 Å². The third-order valence-electron chi connectivity index (χ3n) is 4.79. The summed E-state index contributed by atoms with van der Waals surface area (Å²) in [6.07, 6.45) is 0. The number of fused-ring (bicyclic) bond motifs is 2. The first kappa shape index (κ1) is 17.6. The van der Waals surface area contributed by atoms with Gasteiger partial charge in [-0.3, -0.25) is 9.59 Å². The summed E-state index contributed by atoms with van der Waals surface area (Å²) in [4.78, 5) is 27.5. The predicted molar refractivity (Wildman–Crippen MR) is 104 cm³/mol. The normalized spacial score (nSPS) is 15.9. The van der Waals surface area contributed by atoms with E-state index in [-0.39, 0.29) is 17.1 Å². The van der Waals surface area contributed by atoms with Crippen molar-refractivity contribution in [3.8, 4) is 11.5 Å². The van der Waals surface area contributed by atoms with Crippen LogP contribution in [0.5, 0.6) is 11.5 Å². The Hall–Kier alpha value is -2.80. The van der Waals surface area contributed by atoms with Gasteiger partial charge >= 0.3 is 0 Å². The van der Waals surface area contributed by atoms with Crippen LogP contribution in [0, 0.1) is 0 Å². The average molecular weight is 430 g/mol. The van der Waals surface area contributed by atoms with Gasteiger partial charge in [0.25, 0.3) is 5.91 Å². The van der Waals surface area contributed by atoms with Crippen molar-refractivity contribution in [2.45, 2.75) is 6.04 Å². The van der Waals surface area contributed by atoms with Crippen molar-refractivity contribution in [1.82, 2.24) is 4.90 Å². The molecule has 0 saturated heterocycles. The lowest BCUT2D eigenvalue weighted by molar-refractivity contribution is 0.0771. The summed E-state index contributed by atoms with van der Waals surface area (Å²) < 4.78 is 17.2. The summed E-state index contributed by atoms with van der Waals surface area (Å²) in [5.41, 5.74) is 1.24. The van der Waals surface area contributed by atoms with Gasteiger partial charge in [-0.05, 0) is 35.9 Å². The molecule has 0 bridgehead atoms. The zero-order valence-electron chi connectivity index (χ0n) is 14.9. The lowest BCUT2D eigenvalue weighted by Gasteiger charge is -2.21. The quantitative estimate of drug-likeness (QED) is 0.633. The maximum atomic E-state index is 13.2. The third-order valence-corrected chi connectivity index (χ3v) is 5.28. The van der Waals surface area contributed by atoms with Gasteiger partial charge in [0.05, 0.1) is 31.2 Å². The largest absolute Gasteiger partial charge is 0.493 e. The van der Waals surface area contributed by atoms with E-state index in [9.17, 15) is 9.59 Å². The van der Waals surface area contributed by atoms with Gasteiger partial charge in [-0.1, -0.05) is 22.0 Å². The van der Waals surface area contributed by atoms with Crippen LogP contribution in [0.25, 0.3) is 11.0 Å². The van der Waals surface area contributed by atoms with Crippen molar-refractivity contribution in [3.05, 3.63) is 68.0 Å². The van der Waals surface area contributed by atoms with E-state index >= 15 is 0 Å². The molecule has 2 aromatic carbocycles. The smallest absolute Gasteiger partial charge is 0.290 e. The van der Waals surface area contributed by atoms with E-state index in [4.69, 9.17) is 13.9 Å². The number of nitrogens with zero attached hydrogens (tertiary/aromatic N) is 1. The number of amides is 1. The van der Waals surface area contributed by atoms with Crippen LogP contribution < -0.4 is 14.9 Å². The molecule has 27 heavy (non-hydrogen) atoms. The van der Waals surface area contributed by atoms with Crippen molar-refractivity contribution >= 4 is 32.8 Å². The number of methoxy groups -OCH3 is 2. The lowest BCUT2D eigenvalue weighted by Crippen LogP contribution is -2.25. The van der Waals surface area contributed by atoms with Gasteiger partial charge < -0.3 is 18.8 Å². The number of ether oxygens (including phenoxy) is 2. The standard InChI is InChI=1S/C20H16BrNO5/c1-22-17(10-4-6-14(25-2)15(8-10)26-3)16-18(23)12-9-11(21)5-7-13(12)27-19(16)20(22)24/h4-9,17H,1-3H3. The van der Waals surface area contributed by atoms with Crippen LogP contribution in [0.15, 0.2) is 50.1 Å². The Morgan fingerprint density at radius 2 is 1.78 bits per heavy atom. The minimum absolute atomic E-state index is 0.0807. The molecular formula is C20H16BrNO5. The Morgan fingerprint density at radius 1 is 1.04 bits per heavy atom. The molecule has 7 heteroatoms. The van der Waals surface area contributed by atoms with Gasteiger partial charge in [-0.25, -0.2) is 0 Å². The molecule has 0 N–H and O–H groups in total. The van der Waals surface area contributed by atoms with Crippen molar-refractivity contribution in [3.63, 3.8) is 0 Å². The van der Waals surface area contributed by atoms with E-state index in [1.807, 2.05) is 6.07 Å². The highest BCUT2D eigenvalue weighted by molar-refractivity contribution is 9.10. The minimum Gasteiger partial charge on any atom is -0.493 e. The van der Waals surface area contributed by atoms with Crippen LogP contribution in [-0.4, -0.2) is 32.1 Å². The molecule has 0 aliphatic carbocycles. The van der Waals surface area contributed by atoms with Gasteiger partial charge in [-0.2, -0.15) is 0 Å². The highest BCUT2D eigenvalue weighted by Gasteiger charge is 2.41. The molecule has 3 aromatic rings. The second-order valence-electron chi connectivity index (χ2n) is 6.25. The fraction of sp³-hybridized carbons (Fsp3) is 0.200. The molecular weight excluding hydrogens is 414 g/mol. The van der Waals surface area contributed by atoms with Crippen LogP contribution in [0.1, 0.15) is 27.7 Å². The molecule has 0 spiro atoms. The van der Waals surface area contributed by atoms with Crippen molar-refractivity contribution in [2.24, 2.45) is 0 Å². The molecule has 2 heterocycles. The molecule has 0 saturated carbocycles. The number of rotatable bonds is 3. The second-order valence-corrected chi connectivity index (χ2v) is 7.16. The van der Waals surface area contributed by atoms with Crippen LogP contribution in [-0.2, 0) is 0 Å². The molecule has 6 nitrogen and oxygen atoms in total. The lowest BCUT2D eigenvalue weighted by atomic mass is 9.98. The predicted octanol–water partition coefficient (Wildman–Crippen LogP) is 3.75. The van der Waals surface area contributed by atoms with Crippen molar-refractivity contribution in [1.29, 1.82) is 0 Å². The summed E-state index contributed by atoms with van der Waals surface area (Å²) >= 11 is 3.38. The summed E-state index contributed by atoms with van der Waals surface area (Å²) in [7, 11) is 4.74. The van der Waals surface area contributed by atoms with Crippen molar-refractivity contribution in [2.75, 3.05) is 21.3 Å². The van der Waals surface area contributed by atoms with E-state index in [2.05, 4.69) is 15.9 Å². The summed E-state index contributed by atoms with van der Waals surface area (Å²) in [5.74, 6) is 0.851. The van der Waals surface area contributed by atoms with E-state index < -0.39 is 6.04 Å². The summed E-state index contributed by atoms with van der Waals surface area (Å²) in [6, 6.07) is 9.93. The Balaban J connectivity index is 1.98. The number of carbonyl (C=O) groups excluding carboxylic acids is 1. The Bertz CT molecular complexity index is 1140. The van der Waals surface area contributed by atoms with Gasteiger partial charge in [0.1, 0.15) is 5.58 Å². The monoisotopic (exact) mass is 429 g/mol. The highest BCUT2D eigenvalue weighted by Crippen LogP contribution is 2.40. The minimum atomic E-state index is -0.563. The van der Waals surface area contributed by atoms with Crippen LogP contribution in [0.3, 0.4) is 0 Å². The number of benzene rings is 2. The van der Waals surface area contributed by atoms with E-state index in [0.717, 1.165) is 10.0 Å². The highest BCUT2D eigenvalue weighted by atomic mass is 79.9. The first-order valence-electron chi connectivity index (χ1n) is 8.21. The first-order chi connectivity index (χ1) is 13.0. The molecule has 4 rings (SSSR count). The average Bonchev–Trinajstić information content (AvgIpc) is 2.93. The second kappa shape index (κ2) is 6.42. The first-order valence-corrected chi connectivity index (χ1v) is 9.01. The van der Waals surface area contributed by atoms with Gasteiger partial charge in [0.2, 0.25) is 5.76 Å². The number of hydrogen-bond acceptors (Lipinski definition) is 5. The molecule has 1 aliphatic rings. The Morgan fingerprint density at radius 3 is 2.48 bits per heavy atom. The molecule has 1 aromatic heterocycles. The molecule has 1 amide bonds. The fourth-order valence-corrected chi connectivity index (χ4v) is 3.83. The number of hydrogen-bond donors (Lipinski definition) is 0. The Labute approximate surface area is 163 Å². The molecule has 0 radical (unpaired) electrons. The zero-order chi connectivity index (χ0) is 19.3. The summed E-state index contributed by atoms with van der Waals surface area (Å²) in [5, 5.41) is 0.428. The molecule has 0 fully saturated rings. The van der Waals surface area contributed by atoms with Crippen molar-refractivity contribution < 1.29 is 18.7 Å². The fourth-order valence-electron chi connectivity index (χ4n) is 3.47. The SMILES string of the molecule is COc1ccc(C2c3c(oc4ccc(Br)cc4c3=O)C(=O)N2C)cc1OC. The van der Waals surface area contributed by atoms with Gasteiger partial charge in [0, 0.05) is 11.5 Å². The maximum absolute atomic E-state index is 13.2. The van der Waals surface area contributed by atoms with Gasteiger partial charge in [0.15, 0.2) is 16.9 Å². The topological polar surface area (TPSA) is 69.0 Å². The van der Waals surface area contributed by atoms with Crippen LogP contribution >= 0.6 is 15.9 Å². The molecule has 1 unspecified atom stereocenters. The van der Waals surface area contributed by atoms with E-state index in [0.29, 0.717) is 28.0 Å². The third kappa shape index (κ3) is 2.61. The van der Waals surface area contributed by atoms with Crippen LogP contribution in [0.2, 0.25) is 0 Å². The summed E-state index contributed by atoms with van der Waals surface area (Å²) in [6.45, 7) is 0. The molecule has 1 aliphatic heterocycles. The Kier molecular flexibility index (Phi) is 4.19. The molecule has 1 atom stereocenters. The number of halogens is 1. The molecule has 138 valence electrons. The zero-order valence-corrected chi connectivity index (χ0v) is 16.5. The van der Waals surface area contributed by atoms with E-state index in [1.165, 1.54) is 4.90 Å². The van der Waals surface area contributed by atoms with Crippen LogP contribution in [0.4, 0.5) is 0 Å². The maximum Gasteiger partial charge on any atom is 0.290 e. The number of carbonyl (C=O) groups is 1. The van der Waals surface area contributed by atoms with E-state index in [1.54, 1.807) is 51.6 Å².